The molecule has 0 radical (unpaired) electrons. The highest BCUT2D eigenvalue weighted by atomic mass is 35.5. The van der Waals surface area contributed by atoms with Gasteiger partial charge in [-0.1, -0.05) is 0 Å². The fourth-order valence-electron chi connectivity index (χ4n) is 1.96. The molecule has 0 N–H and O–H groups in total. The first-order valence-electron chi connectivity index (χ1n) is 5.90. The van der Waals surface area contributed by atoms with Gasteiger partial charge in [-0.15, -0.1) is 3.94 Å². The van der Waals surface area contributed by atoms with Gasteiger partial charge in [0.2, 0.25) is 0 Å². The molecule has 0 aromatic heterocycles. The van der Waals surface area contributed by atoms with Gasteiger partial charge < -0.3 is 4.48 Å². The summed E-state index contributed by atoms with van der Waals surface area (Å²) < 4.78 is 28.0. The zero-order valence-electron chi connectivity index (χ0n) is 10.6. The molecule has 17 heavy (non-hydrogen) atoms. The second-order valence-corrected chi connectivity index (χ2v) is 6.79. The lowest BCUT2D eigenvalue weighted by molar-refractivity contribution is -0.917. The first-order valence-corrected chi connectivity index (χ1v) is 6.57. The molecule has 6 heteroatoms. The predicted octanol–water partition coefficient (Wildman–Crippen LogP) is 3.64. The highest BCUT2D eigenvalue weighted by molar-refractivity contribution is 6.34. The Labute approximate surface area is 112 Å². The van der Waals surface area contributed by atoms with Crippen molar-refractivity contribution in [3.8, 4) is 0 Å². The summed E-state index contributed by atoms with van der Waals surface area (Å²) in [6.07, 6.45) is 0.743. The molecule has 0 aromatic rings. The van der Waals surface area contributed by atoms with Crippen LogP contribution in [0.2, 0.25) is 0 Å². The zero-order valence-corrected chi connectivity index (χ0v) is 12.2. The third-order valence-electron chi connectivity index (χ3n) is 3.76. The van der Waals surface area contributed by atoms with E-state index in [-0.39, 0.29) is 18.4 Å². The van der Waals surface area contributed by atoms with Crippen molar-refractivity contribution in [2.75, 3.05) is 26.7 Å². The van der Waals surface area contributed by atoms with Crippen LogP contribution in [0, 0.1) is 0 Å². The maximum Gasteiger partial charge on any atom is 0.258 e. The lowest BCUT2D eigenvalue weighted by Crippen LogP contribution is -2.54. The van der Waals surface area contributed by atoms with Gasteiger partial charge in [0.05, 0.1) is 45.1 Å². The molecule has 0 spiro atoms. The number of alkyl halides is 2. The van der Waals surface area contributed by atoms with Crippen LogP contribution in [-0.4, -0.2) is 46.6 Å². The molecule has 1 saturated heterocycles. The maximum absolute atomic E-state index is 13.1. The van der Waals surface area contributed by atoms with E-state index in [4.69, 9.17) is 23.6 Å². The van der Waals surface area contributed by atoms with Crippen molar-refractivity contribution in [1.29, 1.82) is 0 Å². The third kappa shape index (κ3) is 4.51. The van der Waals surface area contributed by atoms with Gasteiger partial charge in [0.15, 0.2) is 0 Å². The number of nitrogens with zero attached hydrogens (tertiary/aromatic N) is 2. The Hall–Kier alpha value is 0.360. The second kappa shape index (κ2) is 5.16. The second-order valence-electron chi connectivity index (χ2n) is 5.94. The van der Waals surface area contributed by atoms with Crippen molar-refractivity contribution < 1.29 is 13.3 Å². The van der Waals surface area contributed by atoms with Crippen molar-refractivity contribution in [3.05, 3.63) is 0 Å². The molecule has 0 atom stereocenters. The molecule has 1 aliphatic heterocycles. The van der Waals surface area contributed by atoms with E-state index in [1.807, 2.05) is 20.9 Å². The van der Waals surface area contributed by atoms with Gasteiger partial charge in [0.1, 0.15) is 0 Å². The van der Waals surface area contributed by atoms with E-state index in [2.05, 4.69) is 0 Å². The average molecular weight is 290 g/mol. The standard InChI is InChI=1S/C11H21Cl2F2N2/c1-10(2,16(12)13)4-7-17(3)8-5-11(14,15)6-9-17/h4-9H2,1-3H3/q+1. The highest BCUT2D eigenvalue weighted by Gasteiger charge is 2.41. The van der Waals surface area contributed by atoms with Crippen LogP contribution in [-0.2, 0) is 0 Å². The number of piperidine rings is 1. The van der Waals surface area contributed by atoms with Gasteiger partial charge in [-0.2, -0.15) is 0 Å². The van der Waals surface area contributed by atoms with Crippen LogP contribution < -0.4 is 0 Å². The van der Waals surface area contributed by atoms with E-state index in [0.717, 1.165) is 16.9 Å². The average Bonchev–Trinajstić information content (AvgIpc) is 2.21. The smallest absolute Gasteiger partial charge is 0.258 e. The summed E-state index contributed by atoms with van der Waals surface area (Å²) in [5, 5.41) is 0. The molecule has 1 rings (SSSR count). The van der Waals surface area contributed by atoms with Gasteiger partial charge in [0, 0.05) is 6.42 Å². The summed E-state index contributed by atoms with van der Waals surface area (Å²) >= 11 is 11.5. The third-order valence-corrected chi connectivity index (χ3v) is 4.67. The van der Waals surface area contributed by atoms with Crippen molar-refractivity contribution >= 4 is 23.6 Å². The summed E-state index contributed by atoms with van der Waals surface area (Å²) in [7, 11) is 2.03. The van der Waals surface area contributed by atoms with E-state index >= 15 is 0 Å². The molecule has 0 aliphatic carbocycles. The lowest BCUT2D eigenvalue weighted by Gasteiger charge is -2.42. The molecule has 0 unspecified atom stereocenters. The first kappa shape index (κ1) is 15.4. The number of halogens is 4. The fourth-order valence-corrected chi connectivity index (χ4v) is 2.12. The normalized spacial score (nSPS) is 24.0. The molecular weight excluding hydrogens is 269 g/mol. The Bertz CT molecular complexity index is 260. The number of likely N-dealkylation sites (tertiary alicyclic amines) is 1. The molecule has 1 fully saturated rings. The summed E-state index contributed by atoms with van der Waals surface area (Å²) in [4.78, 5) is 0. The Kier molecular flexibility index (Phi) is 4.68. The monoisotopic (exact) mass is 289 g/mol. The van der Waals surface area contributed by atoms with Gasteiger partial charge in [0.25, 0.3) is 5.92 Å². The summed E-state index contributed by atoms with van der Waals surface area (Å²) in [5.74, 6) is -2.47. The Morgan fingerprint density at radius 3 is 2.12 bits per heavy atom. The van der Waals surface area contributed by atoms with Crippen molar-refractivity contribution in [1.82, 2.24) is 3.94 Å². The summed E-state index contributed by atoms with van der Waals surface area (Å²) in [5.41, 5.74) is -0.329. The van der Waals surface area contributed by atoms with Crippen LogP contribution in [0.4, 0.5) is 8.78 Å². The lowest BCUT2D eigenvalue weighted by atomic mass is 9.98. The number of hydrogen-bond acceptors (Lipinski definition) is 1. The molecule has 102 valence electrons. The Morgan fingerprint density at radius 2 is 1.71 bits per heavy atom. The first-order chi connectivity index (χ1) is 7.56. The van der Waals surface area contributed by atoms with Gasteiger partial charge in [-0.25, -0.2) is 8.78 Å². The van der Waals surface area contributed by atoms with E-state index in [9.17, 15) is 8.78 Å². The minimum Gasteiger partial charge on any atom is -0.326 e. The fraction of sp³-hybridized carbons (Fsp3) is 1.00. The minimum absolute atomic E-state index is 0.0185. The molecule has 0 amide bonds. The van der Waals surface area contributed by atoms with Crippen LogP contribution in [0.1, 0.15) is 33.1 Å². The quantitative estimate of drug-likeness (QED) is 0.564. The van der Waals surface area contributed by atoms with Crippen molar-refractivity contribution in [2.45, 2.75) is 44.6 Å². The highest BCUT2D eigenvalue weighted by Crippen LogP contribution is 2.32. The van der Waals surface area contributed by atoms with Crippen LogP contribution in [0.25, 0.3) is 0 Å². The molecule has 2 nitrogen and oxygen atoms in total. The summed E-state index contributed by atoms with van der Waals surface area (Å²) in [6.45, 7) is 5.75. The Balaban J connectivity index is 2.47. The van der Waals surface area contributed by atoms with Gasteiger partial charge in [-0.05, 0) is 37.4 Å². The number of quaternary nitrogens is 1. The molecular formula is C11H21Cl2F2N2+. The van der Waals surface area contributed by atoms with Crippen molar-refractivity contribution in [2.24, 2.45) is 0 Å². The molecule has 0 saturated carbocycles. The van der Waals surface area contributed by atoms with Gasteiger partial charge >= 0.3 is 0 Å². The number of hydrogen-bond donors (Lipinski definition) is 0. The topological polar surface area (TPSA) is 3.24 Å². The maximum atomic E-state index is 13.1. The van der Waals surface area contributed by atoms with Crippen LogP contribution in [0.15, 0.2) is 0 Å². The minimum atomic E-state index is -2.47. The zero-order chi connectivity index (χ0) is 13.3. The molecule has 1 aliphatic rings. The van der Waals surface area contributed by atoms with E-state index in [0.29, 0.717) is 17.6 Å². The largest absolute Gasteiger partial charge is 0.326 e. The van der Waals surface area contributed by atoms with Crippen molar-refractivity contribution in [3.63, 3.8) is 0 Å². The molecule has 0 aromatic carbocycles. The van der Waals surface area contributed by atoms with Gasteiger partial charge in [-0.3, -0.25) is 0 Å². The van der Waals surface area contributed by atoms with E-state index < -0.39 is 5.92 Å². The van der Waals surface area contributed by atoms with Crippen LogP contribution >= 0.6 is 23.6 Å². The summed E-state index contributed by atoms with van der Waals surface area (Å²) in [6, 6.07) is 0. The molecule has 0 bridgehead atoms. The van der Waals surface area contributed by atoms with Crippen LogP contribution in [0.5, 0.6) is 0 Å². The van der Waals surface area contributed by atoms with E-state index in [1.165, 1.54) is 0 Å². The SMILES string of the molecule is CC(C)(CC[N+]1(C)CCC(F)(F)CC1)N(Cl)Cl. The number of rotatable bonds is 4. The Morgan fingerprint density at radius 1 is 1.24 bits per heavy atom. The molecule has 1 heterocycles. The predicted molar refractivity (Wildman–Crippen MR) is 67.2 cm³/mol. The van der Waals surface area contributed by atoms with Crippen LogP contribution in [0.3, 0.4) is 0 Å². The van der Waals surface area contributed by atoms with E-state index in [1.54, 1.807) is 0 Å².